The molecule has 2 rings (SSSR count). The monoisotopic (exact) mass is 286 g/mol. The van der Waals surface area contributed by atoms with Crippen LogP contribution in [-0.2, 0) is 10.0 Å². The minimum absolute atomic E-state index is 0.237. The van der Waals surface area contributed by atoms with Crippen molar-refractivity contribution in [1.82, 2.24) is 10.2 Å². The highest BCUT2D eigenvalue weighted by molar-refractivity contribution is 7.92. The second kappa shape index (κ2) is 4.65. The number of nitro groups is 1. The van der Waals surface area contributed by atoms with Crippen LogP contribution in [0.25, 0.3) is 0 Å². The van der Waals surface area contributed by atoms with Gasteiger partial charge in [-0.3, -0.25) is 19.9 Å². The van der Waals surface area contributed by atoms with Crippen molar-refractivity contribution in [2.75, 3.05) is 4.72 Å². The van der Waals surface area contributed by atoms with Crippen LogP contribution in [0.15, 0.2) is 35.5 Å². The first-order valence-corrected chi connectivity index (χ1v) is 6.34. The number of rotatable bonds is 4. The van der Waals surface area contributed by atoms with Crippen LogP contribution in [0.5, 0.6) is 0 Å². The number of aromatic nitrogens is 2. The lowest BCUT2D eigenvalue weighted by Gasteiger charge is -2.06. The number of hydrogen-bond donors (Lipinski definition) is 2. The van der Waals surface area contributed by atoms with Gasteiger partial charge >= 0.3 is 0 Å². The average molecular weight is 286 g/mol. The maximum atomic E-state index is 13.1. The quantitative estimate of drug-likeness (QED) is 0.648. The molecule has 0 fully saturated rings. The highest BCUT2D eigenvalue weighted by Crippen LogP contribution is 2.22. The van der Waals surface area contributed by atoms with Gasteiger partial charge in [-0.05, 0) is 12.1 Å². The predicted octanol–water partition coefficient (Wildman–Crippen LogP) is 1.26. The summed E-state index contributed by atoms with van der Waals surface area (Å²) in [5.41, 5.74) is -0.802. The third kappa shape index (κ3) is 2.85. The first-order chi connectivity index (χ1) is 8.88. The van der Waals surface area contributed by atoms with Crippen molar-refractivity contribution in [2.24, 2.45) is 0 Å². The van der Waals surface area contributed by atoms with E-state index in [-0.39, 0.29) is 10.7 Å². The van der Waals surface area contributed by atoms with E-state index >= 15 is 0 Å². The number of non-ortho nitro benzene ring substituents is 1. The van der Waals surface area contributed by atoms with E-state index in [0.717, 1.165) is 12.1 Å². The molecule has 1 aromatic carbocycles. The fourth-order valence-corrected chi connectivity index (χ4v) is 2.29. The van der Waals surface area contributed by atoms with E-state index in [1.807, 2.05) is 4.72 Å². The number of benzene rings is 1. The molecule has 0 aliphatic heterocycles. The van der Waals surface area contributed by atoms with Gasteiger partial charge in [0.15, 0.2) is 5.03 Å². The van der Waals surface area contributed by atoms with E-state index in [2.05, 4.69) is 10.2 Å². The minimum Gasteiger partial charge on any atom is -0.278 e. The Morgan fingerprint density at radius 2 is 2.11 bits per heavy atom. The van der Waals surface area contributed by atoms with E-state index in [0.29, 0.717) is 6.07 Å². The standard InChI is InChI=1S/C9H7FN4O4S/c10-6-3-7(5-8(4-6)14(15)16)13-19(17,18)9-1-2-11-12-9/h1-5,13H,(H,11,12). The Kier molecular flexibility index (Phi) is 3.17. The Bertz CT molecular complexity index is 714. The highest BCUT2D eigenvalue weighted by Gasteiger charge is 2.18. The van der Waals surface area contributed by atoms with Gasteiger partial charge in [0, 0.05) is 6.07 Å². The molecule has 2 aromatic rings. The SMILES string of the molecule is O=[N+]([O-])c1cc(F)cc(NS(=O)(=O)c2ccn[nH]2)c1. The molecule has 0 saturated heterocycles. The molecule has 100 valence electrons. The minimum atomic E-state index is -3.99. The second-order valence-electron chi connectivity index (χ2n) is 3.48. The summed E-state index contributed by atoms with van der Waals surface area (Å²) in [6, 6.07) is 3.63. The van der Waals surface area contributed by atoms with Gasteiger partial charge in [-0.25, -0.2) is 4.39 Å². The summed E-state index contributed by atoms with van der Waals surface area (Å²) in [5, 5.41) is 16.0. The van der Waals surface area contributed by atoms with Gasteiger partial charge in [-0.1, -0.05) is 0 Å². The molecule has 0 aliphatic rings. The van der Waals surface area contributed by atoms with Gasteiger partial charge in [-0.15, -0.1) is 0 Å². The molecule has 8 nitrogen and oxygen atoms in total. The van der Waals surface area contributed by atoms with Gasteiger partial charge in [0.1, 0.15) is 5.82 Å². The molecule has 0 spiro atoms. The van der Waals surface area contributed by atoms with Crippen molar-refractivity contribution in [3.63, 3.8) is 0 Å². The first-order valence-electron chi connectivity index (χ1n) is 4.86. The van der Waals surface area contributed by atoms with E-state index in [9.17, 15) is 22.9 Å². The van der Waals surface area contributed by atoms with E-state index < -0.39 is 26.5 Å². The molecule has 0 saturated carbocycles. The number of aromatic amines is 1. The molecular formula is C9H7FN4O4S. The molecule has 1 heterocycles. The zero-order valence-corrected chi connectivity index (χ0v) is 10.0. The second-order valence-corrected chi connectivity index (χ2v) is 5.13. The number of H-pyrrole nitrogens is 1. The van der Waals surface area contributed by atoms with Gasteiger partial charge in [0.2, 0.25) is 0 Å². The van der Waals surface area contributed by atoms with Crippen LogP contribution >= 0.6 is 0 Å². The highest BCUT2D eigenvalue weighted by atomic mass is 32.2. The molecule has 19 heavy (non-hydrogen) atoms. The van der Waals surface area contributed by atoms with Crippen LogP contribution in [0.4, 0.5) is 15.8 Å². The summed E-state index contributed by atoms with van der Waals surface area (Å²) < 4.78 is 38.7. The predicted molar refractivity (Wildman–Crippen MR) is 62.5 cm³/mol. The molecule has 0 aliphatic carbocycles. The number of hydrogen-bond acceptors (Lipinski definition) is 5. The van der Waals surface area contributed by atoms with Crippen LogP contribution in [0, 0.1) is 15.9 Å². The zero-order chi connectivity index (χ0) is 14.0. The smallest absolute Gasteiger partial charge is 0.278 e. The fraction of sp³-hybridized carbons (Fsp3) is 0. The molecule has 2 N–H and O–H groups in total. The summed E-state index contributed by atoms with van der Waals surface area (Å²) in [5.74, 6) is -0.920. The maximum absolute atomic E-state index is 13.1. The van der Waals surface area contributed by atoms with Gasteiger partial charge < -0.3 is 0 Å². The van der Waals surface area contributed by atoms with Crippen molar-refractivity contribution >= 4 is 21.4 Å². The number of nitrogens with zero attached hydrogens (tertiary/aromatic N) is 2. The lowest BCUT2D eigenvalue weighted by molar-refractivity contribution is -0.385. The number of sulfonamides is 1. The molecule has 0 bridgehead atoms. The summed E-state index contributed by atoms with van der Waals surface area (Å²) in [7, 11) is -3.99. The largest absolute Gasteiger partial charge is 0.278 e. The summed E-state index contributed by atoms with van der Waals surface area (Å²) in [6.07, 6.45) is 1.22. The Hall–Kier alpha value is -2.49. The Balaban J connectivity index is 2.37. The summed E-state index contributed by atoms with van der Waals surface area (Å²) >= 11 is 0. The van der Waals surface area contributed by atoms with E-state index in [4.69, 9.17) is 0 Å². The number of nitrogens with one attached hydrogen (secondary N) is 2. The number of halogens is 1. The summed E-state index contributed by atoms with van der Waals surface area (Å²) in [4.78, 5) is 9.72. The van der Waals surface area contributed by atoms with Gasteiger partial charge in [-0.2, -0.15) is 13.5 Å². The van der Waals surface area contributed by atoms with E-state index in [1.54, 1.807) is 0 Å². The molecule has 0 unspecified atom stereocenters. The molecule has 0 atom stereocenters. The average Bonchev–Trinajstić information content (AvgIpc) is 2.81. The first kappa shape index (κ1) is 13.0. The van der Waals surface area contributed by atoms with Crippen molar-refractivity contribution in [2.45, 2.75) is 5.03 Å². The zero-order valence-electron chi connectivity index (χ0n) is 9.20. The maximum Gasteiger partial charge on any atom is 0.278 e. The van der Waals surface area contributed by atoms with Crippen molar-refractivity contribution in [3.05, 3.63) is 46.4 Å². The van der Waals surface area contributed by atoms with Gasteiger partial charge in [0.25, 0.3) is 15.7 Å². The van der Waals surface area contributed by atoms with Crippen molar-refractivity contribution < 1.29 is 17.7 Å². The number of nitro benzene ring substituents is 1. The molecular weight excluding hydrogens is 279 g/mol. The van der Waals surface area contributed by atoms with Crippen LogP contribution in [0.3, 0.4) is 0 Å². The normalized spacial score (nSPS) is 11.2. The van der Waals surface area contributed by atoms with Crippen LogP contribution in [0.2, 0.25) is 0 Å². The van der Waals surface area contributed by atoms with Crippen LogP contribution < -0.4 is 4.72 Å². The molecule has 1 aromatic heterocycles. The Labute approximate surface area is 106 Å². The molecule has 10 heteroatoms. The topological polar surface area (TPSA) is 118 Å². The third-order valence-electron chi connectivity index (χ3n) is 2.11. The lowest BCUT2D eigenvalue weighted by Crippen LogP contribution is -2.13. The third-order valence-corrected chi connectivity index (χ3v) is 3.42. The molecule has 0 radical (unpaired) electrons. The number of anilines is 1. The van der Waals surface area contributed by atoms with Crippen LogP contribution in [0.1, 0.15) is 0 Å². The van der Waals surface area contributed by atoms with Gasteiger partial charge in [0.05, 0.1) is 22.9 Å². The Morgan fingerprint density at radius 3 is 2.68 bits per heavy atom. The Morgan fingerprint density at radius 1 is 1.37 bits per heavy atom. The molecule has 0 amide bonds. The van der Waals surface area contributed by atoms with Crippen LogP contribution in [-0.4, -0.2) is 23.5 Å². The van der Waals surface area contributed by atoms with Crippen molar-refractivity contribution in [1.29, 1.82) is 0 Å². The summed E-state index contributed by atoms with van der Waals surface area (Å²) in [6.45, 7) is 0. The lowest BCUT2D eigenvalue weighted by atomic mass is 10.3. The van der Waals surface area contributed by atoms with E-state index in [1.165, 1.54) is 12.3 Å². The van der Waals surface area contributed by atoms with Crippen molar-refractivity contribution in [3.8, 4) is 0 Å². The fourth-order valence-electron chi connectivity index (χ4n) is 1.34.